The largest absolute Gasteiger partial charge is 0.363 e. The first-order valence-electron chi connectivity index (χ1n) is 7.68. The summed E-state index contributed by atoms with van der Waals surface area (Å²) in [5.41, 5.74) is 0. The average Bonchev–Trinajstić information content (AvgIpc) is 2.89. The zero-order chi connectivity index (χ0) is 15.9. The molecule has 0 unspecified atom stereocenters. The van der Waals surface area contributed by atoms with Crippen molar-refractivity contribution in [2.24, 2.45) is 0 Å². The van der Waals surface area contributed by atoms with E-state index in [1.165, 1.54) is 8.66 Å². The Morgan fingerprint density at radius 2 is 2.05 bits per heavy atom. The van der Waals surface area contributed by atoms with E-state index in [-0.39, 0.29) is 0 Å². The lowest BCUT2D eigenvalue weighted by molar-refractivity contribution is 0.176. The molecule has 1 N–H and O–H groups in total. The number of nitrogens with one attached hydrogen (secondary N) is 1. The lowest BCUT2D eigenvalue weighted by atomic mass is 10.3. The number of hydrogen-bond donors (Lipinski definition) is 1. The van der Waals surface area contributed by atoms with Gasteiger partial charge in [0.1, 0.15) is 0 Å². The minimum absolute atomic E-state index is 0.914. The second kappa shape index (κ2) is 9.17. The number of rotatable bonds is 6. The second-order valence-corrected chi connectivity index (χ2v) is 8.79. The van der Waals surface area contributed by atoms with Gasteiger partial charge in [-0.3, -0.25) is 4.90 Å². The van der Waals surface area contributed by atoms with E-state index >= 15 is 0 Å². The molecule has 2 heterocycles. The second-order valence-electron chi connectivity index (χ2n) is 5.86. The van der Waals surface area contributed by atoms with E-state index in [1.807, 2.05) is 11.3 Å². The molecule has 0 amide bonds. The van der Waals surface area contributed by atoms with Gasteiger partial charge >= 0.3 is 0 Å². The Morgan fingerprint density at radius 3 is 2.64 bits per heavy atom. The summed E-state index contributed by atoms with van der Waals surface area (Å²) in [6.45, 7) is 7.30. The molecule has 0 radical (unpaired) electrons. The van der Waals surface area contributed by atoms with Crippen LogP contribution < -0.4 is 5.32 Å². The number of piperazine rings is 1. The van der Waals surface area contributed by atoms with Crippen molar-refractivity contribution in [3.8, 4) is 0 Å². The standard InChI is InChI=1S/C15H25BrN4S2/c1-18(2)7-3-6-17-15(21)20-10-8-19(9-11-20)12-13-4-5-14(16)22-13/h4-5H,3,6-12H2,1-2H3,(H,17,21). The summed E-state index contributed by atoms with van der Waals surface area (Å²) in [5, 5.41) is 4.30. The van der Waals surface area contributed by atoms with Gasteiger partial charge in [0, 0.05) is 44.1 Å². The van der Waals surface area contributed by atoms with Gasteiger partial charge in [-0.2, -0.15) is 0 Å². The van der Waals surface area contributed by atoms with Crippen molar-refractivity contribution in [1.29, 1.82) is 0 Å². The minimum Gasteiger partial charge on any atom is -0.363 e. The van der Waals surface area contributed by atoms with Gasteiger partial charge in [0.25, 0.3) is 0 Å². The highest BCUT2D eigenvalue weighted by molar-refractivity contribution is 9.11. The first-order chi connectivity index (χ1) is 10.5. The molecule has 0 atom stereocenters. The molecule has 2 rings (SSSR count). The van der Waals surface area contributed by atoms with Crippen LogP contribution in [0.2, 0.25) is 0 Å². The molecule has 4 nitrogen and oxygen atoms in total. The van der Waals surface area contributed by atoms with Crippen LogP contribution in [0.4, 0.5) is 0 Å². The maximum absolute atomic E-state index is 5.50. The molecule has 1 aromatic rings. The quantitative estimate of drug-likeness (QED) is 0.578. The van der Waals surface area contributed by atoms with Crippen LogP contribution in [0.3, 0.4) is 0 Å². The Balaban J connectivity index is 1.64. The lowest BCUT2D eigenvalue weighted by Crippen LogP contribution is -2.51. The van der Waals surface area contributed by atoms with E-state index in [0.717, 1.165) is 57.3 Å². The highest BCUT2D eigenvalue weighted by atomic mass is 79.9. The molecule has 7 heteroatoms. The SMILES string of the molecule is CN(C)CCCNC(=S)N1CCN(Cc2ccc(Br)s2)CC1. The van der Waals surface area contributed by atoms with Crippen LogP contribution in [-0.4, -0.2) is 73.2 Å². The van der Waals surface area contributed by atoms with Gasteiger partial charge in [-0.25, -0.2) is 0 Å². The smallest absolute Gasteiger partial charge is 0.169 e. The van der Waals surface area contributed by atoms with Crippen LogP contribution in [0.25, 0.3) is 0 Å². The third-order valence-electron chi connectivity index (χ3n) is 3.73. The van der Waals surface area contributed by atoms with Crippen molar-refractivity contribution in [3.63, 3.8) is 0 Å². The first-order valence-corrected chi connectivity index (χ1v) is 9.70. The summed E-state index contributed by atoms with van der Waals surface area (Å²) in [5.74, 6) is 0. The number of nitrogens with zero attached hydrogens (tertiary/aromatic N) is 3. The van der Waals surface area contributed by atoms with Gasteiger partial charge in [-0.1, -0.05) is 0 Å². The summed E-state index contributed by atoms with van der Waals surface area (Å²) >= 11 is 10.9. The van der Waals surface area contributed by atoms with Crippen LogP contribution in [0, 0.1) is 0 Å². The predicted octanol–water partition coefficient (Wildman–Crippen LogP) is 2.45. The molecule has 0 aliphatic carbocycles. The van der Waals surface area contributed by atoms with Crippen molar-refractivity contribution in [1.82, 2.24) is 20.0 Å². The molecule has 124 valence electrons. The zero-order valence-electron chi connectivity index (χ0n) is 13.3. The predicted molar refractivity (Wildman–Crippen MR) is 103 cm³/mol. The Kier molecular flexibility index (Phi) is 7.56. The van der Waals surface area contributed by atoms with Crippen molar-refractivity contribution in [3.05, 3.63) is 20.8 Å². The Labute approximate surface area is 151 Å². The molecule has 1 saturated heterocycles. The van der Waals surface area contributed by atoms with Gasteiger partial charge in [0.15, 0.2) is 5.11 Å². The Bertz CT molecular complexity index is 470. The summed E-state index contributed by atoms with van der Waals surface area (Å²) in [6, 6.07) is 4.33. The Hall–Kier alpha value is -0.210. The highest BCUT2D eigenvalue weighted by Crippen LogP contribution is 2.23. The van der Waals surface area contributed by atoms with E-state index in [0.29, 0.717) is 0 Å². The summed E-state index contributed by atoms with van der Waals surface area (Å²) in [7, 11) is 4.20. The first kappa shape index (κ1) is 18.1. The Morgan fingerprint density at radius 1 is 1.32 bits per heavy atom. The number of thiocarbonyl (C=S) groups is 1. The highest BCUT2D eigenvalue weighted by Gasteiger charge is 2.19. The molecule has 1 aliphatic heterocycles. The van der Waals surface area contributed by atoms with Crippen molar-refractivity contribution in [2.75, 3.05) is 53.4 Å². The van der Waals surface area contributed by atoms with Crippen molar-refractivity contribution < 1.29 is 0 Å². The molecule has 0 bridgehead atoms. The monoisotopic (exact) mass is 404 g/mol. The molecular formula is C15H25BrN4S2. The van der Waals surface area contributed by atoms with E-state index in [1.54, 1.807) is 0 Å². The van der Waals surface area contributed by atoms with Gasteiger partial charge in [-0.15, -0.1) is 11.3 Å². The van der Waals surface area contributed by atoms with E-state index < -0.39 is 0 Å². The fourth-order valence-electron chi connectivity index (χ4n) is 2.47. The molecular weight excluding hydrogens is 380 g/mol. The molecule has 22 heavy (non-hydrogen) atoms. The van der Waals surface area contributed by atoms with Crippen LogP contribution in [0.1, 0.15) is 11.3 Å². The maximum atomic E-state index is 5.50. The minimum atomic E-state index is 0.914. The zero-order valence-corrected chi connectivity index (χ0v) is 16.6. The molecule has 0 saturated carbocycles. The number of hydrogen-bond acceptors (Lipinski definition) is 4. The number of thiophene rings is 1. The summed E-state index contributed by atoms with van der Waals surface area (Å²) in [4.78, 5) is 8.42. The molecule has 0 spiro atoms. The van der Waals surface area contributed by atoms with Crippen LogP contribution >= 0.6 is 39.5 Å². The van der Waals surface area contributed by atoms with Crippen molar-refractivity contribution >= 4 is 44.6 Å². The van der Waals surface area contributed by atoms with Crippen molar-refractivity contribution in [2.45, 2.75) is 13.0 Å². The topological polar surface area (TPSA) is 21.8 Å². The fourth-order valence-corrected chi connectivity index (χ4v) is 4.28. The van der Waals surface area contributed by atoms with Gasteiger partial charge in [0.05, 0.1) is 3.79 Å². The average molecular weight is 405 g/mol. The van der Waals surface area contributed by atoms with Crippen LogP contribution in [0.15, 0.2) is 15.9 Å². The molecule has 1 aromatic heterocycles. The van der Waals surface area contributed by atoms with Crippen LogP contribution in [-0.2, 0) is 6.54 Å². The maximum Gasteiger partial charge on any atom is 0.169 e. The molecule has 0 aromatic carbocycles. The molecule has 1 aliphatic rings. The normalized spacial score (nSPS) is 16.3. The van der Waals surface area contributed by atoms with E-state index in [4.69, 9.17) is 12.2 Å². The molecule has 1 fully saturated rings. The van der Waals surface area contributed by atoms with Gasteiger partial charge in [0.2, 0.25) is 0 Å². The third-order valence-corrected chi connectivity index (χ3v) is 5.74. The van der Waals surface area contributed by atoms with Crippen LogP contribution in [0.5, 0.6) is 0 Å². The van der Waals surface area contributed by atoms with E-state index in [2.05, 4.69) is 62.2 Å². The summed E-state index contributed by atoms with van der Waals surface area (Å²) < 4.78 is 1.21. The lowest BCUT2D eigenvalue weighted by Gasteiger charge is -2.36. The summed E-state index contributed by atoms with van der Waals surface area (Å²) in [6.07, 6.45) is 1.13. The fraction of sp³-hybridized carbons (Fsp3) is 0.667. The van der Waals surface area contributed by atoms with E-state index in [9.17, 15) is 0 Å². The number of halogens is 1. The third kappa shape index (κ3) is 6.12. The van der Waals surface area contributed by atoms with Gasteiger partial charge < -0.3 is 15.1 Å². The van der Waals surface area contributed by atoms with Gasteiger partial charge in [-0.05, 0) is 67.3 Å².